The molecule has 6 aromatic rings. The monoisotopic (exact) mass is 474 g/mol. The highest BCUT2D eigenvalue weighted by Crippen LogP contribution is 2.43. The van der Waals surface area contributed by atoms with E-state index in [1.54, 1.807) is 0 Å². The Balaban J connectivity index is 1.34. The highest BCUT2D eigenvalue weighted by atomic mass is 16.1. The van der Waals surface area contributed by atoms with E-state index in [0.29, 0.717) is 0 Å². The molecule has 0 bridgehead atoms. The molecule has 0 radical (unpaired) electrons. The van der Waals surface area contributed by atoms with Gasteiger partial charge in [-0.05, 0) is 79.2 Å². The highest BCUT2D eigenvalue weighted by Gasteiger charge is 2.37. The van der Waals surface area contributed by atoms with Crippen molar-refractivity contribution >= 4 is 27.3 Å². The summed E-state index contributed by atoms with van der Waals surface area (Å²) in [7, 11) is 0. The van der Waals surface area contributed by atoms with E-state index < -0.39 is 0 Å². The van der Waals surface area contributed by atoms with Crippen LogP contribution in [-0.2, 0) is 5.41 Å². The molecule has 0 saturated heterocycles. The lowest BCUT2D eigenvalue weighted by Gasteiger charge is -2.35. The first-order valence-corrected chi connectivity index (χ1v) is 12.8. The normalized spacial score (nSPS) is 13.9. The number of carbonyl (C=O) groups excluding carboxylic acids is 1. The van der Waals surface area contributed by atoms with E-state index in [1.807, 2.05) is 0 Å². The lowest BCUT2D eigenvalue weighted by Crippen LogP contribution is -2.30. The van der Waals surface area contributed by atoms with Crippen molar-refractivity contribution in [3.8, 4) is 22.3 Å². The number of fused-ring (bicyclic) bond motifs is 4. The molecule has 0 amide bonds. The Bertz CT molecular complexity index is 1740. The fourth-order valence-electron chi connectivity index (χ4n) is 5.94. The molecular formula is C36H26O. The van der Waals surface area contributed by atoms with Crippen molar-refractivity contribution in [2.45, 2.75) is 19.3 Å². The average molecular weight is 475 g/mol. The van der Waals surface area contributed by atoms with Gasteiger partial charge in [0.15, 0.2) is 5.78 Å². The van der Waals surface area contributed by atoms with Crippen LogP contribution in [0.25, 0.3) is 43.8 Å². The van der Waals surface area contributed by atoms with Gasteiger partial charge in [-0.3, -0.25) is 4.79 Å². The summed E-state index contributed by atoms with van der Waals surface area (Å²) in [4.78, 5) is 14.0. The van der Waals surface area contributed by atoms with E-state index in [9.17, 15) is 4.79 Å². The Morgan fingerprint density at radius 3 is 1.27 bits per heavy atom. The van der Waals surface area contributed by atoms with Gasteiger partial charge in [0, 0.05) is 16.5 Å². The molecule has 6 aromatic carbocycles. The minimum atomic E-state index is -0.262. The maximum Gasteiger partial charge on any atom is 0.193 e. The number of ketones is 1. The van der Waals surface area contributed by atoms with Gasteiger partial charge in [-0.1, -0.05) is 111 Å². The third-order valence-electron chi connectivity index (χ3n) is 8.04. The molecule has 1 heteroatoms. The predicted octanol–water partition coefficient (Wildman–Crippen LogP) is 9.20. The highest BCUT2D eigenvalue weighted by molar-refractivity contribution is 6.14. The third-order valence-corrected chi connectivity index (χ3v) is 8.04. The second kappa shape index (κ2) is 8.01. The number of carbonyl (C=O) groups is 1. The van der Waals surface area contributed by atoms with Crippen LogP contribution in [0.1, 0.15) is 40.9 Å². The largest absolute Gasteiger partial charge is 0.289 e. The molecule has 176 valence electrons. The second-order valence-corrected chi connectivity index (χ2v) is 10.6. The molecule has 1 aliphatic carbocycles. The van der Waals surface area contributed by atoms with Crippen molar-refractivity contribution in [2.75, 3.05) is 0 Å². The topological polar surface area (TPSA) is 17.1 Å². The molecule has 0 atom stereocenters. The maximum atomic E-state index is 14.0. The first kappa shape index (κ1) is 21.8. The molecule has 7 rings (SSSR count). The van der Waals surface area contributed by atoms with Crippen LogP contribution in [0.5, 0.6) is 0 Å². The van der Waals surface area contributed by atoms with Gasteiger partial charge in [0.1, 0.15) is 0 Å². The quantitative estimate of drug-likeness (QED) is 0.244. The smallest absolute Gasteiger partial charge is 0.193 e. The zero-order valence-corrected chi connectivity index (χ0v) is 21.0. The molecular weight excluding hydrogens is 448 g/mol. The van der Waals surface area contributed by atoms with Crippen molar-refractivity contribution in [2.24, 2.45) is 0 Å². The molecule has 0 fully saturated rings. The molecule has 0 unspecified atom stereocenters. The molecule has 1 aliphatic rings. The minimum Gasteiger partial charge on any atom is -0.289 e. The first-order valence-electron chi connectivity index (χ1n) is 12.8. The van der Waals surface area contributed by atoms with E-state index >= 15 is 0 Å². The summed E-state index contributed by atoms with van der Waals surface area (Å²) in [5.74, 6) is 0.106. The number of rotatable bonds is 2. The van der Waals surface area contributed by atoms with Crippen LogP contribution in [-0.4, -0.2) is 5.78 Å². The zero-order valence-electron chi connectivity index (χ0n) is 21.0. The standard InChI is InChI=1S/C36H26O/c1-36(2)33-17-15-29(27-13-11-23-7-3-5-9-25(23)19-27)21-31(33)35(37)32-22-30(16-18-34(32)36)28-14-12-24-8-4-6-10-26(24)20-28/h3-22H,1-2H3. The fraction of sp³-hybridized carbons (Fsp3) is 0.0833. The van der Waals surface area contributed by atoms with Gasteiger partial charge in [-0.15, -0.1) is 0 Å². The Kier molecular flexibility index (Phi) is 4.71. The summed E-state index contributed by atoms with van der Waals surface area (Å²) >= 11 is 0. The van der Waals surface area contributed by atoms with Gasteiger partial charge in [0.05, 0.1) is 0 Å². The van der Waals surface area contributed by atoms with Crippen LogP contribution < -0.4 is 0 Å². The van der Waals surface area contributed by atoms with Crippen LogP contribution in [0, 0.1) is 0 Å². The lowest BCUT2D eigenvalue weighted by atomic mass is 9.67. The van der Waals surface area contributed by atoms with Crippen LogP contribution in [0.3, 0.4) is 0 Å². The van der Waals surface area contributed by atoms with E-state index in [4.69, 9.17) is 0 Å². The fourth-order valence-corrected chi connectivity index (χ4v) is 5.94. The minimum absolute atomic E-state index is 0.106. The Hall–Kier alpha value is -4.49. The van der Waals surface area contributed by atoms with Crippen molar-refractivity contribution in [1.82, 2.24) is 0 Å². The van der Waals surface area contributed by atoms with Crippen molar-refractivity contribution in [3.05, 3.63) is 144 Å². The molecule has 0 spiro atoms. The Labute approximate surface area is 217 Å². The van der Waals surface area contributed by atoms with Gasteiger partial charge in [-0.2, -0.15) is 0 Å². The summed E-state index contributed by atoms with van der Waals surface area (Å²) in [6.45, 7) is 4.45. The van der Waals surface area contributed by atoms with E-state index in [2.05, 4.69) is 135 Å². The summed E-state index contributed by atoms with van der Waals surface area (Å²) in [5, 5.41) is 4.85. The molecule has 0 heterocycles. The molecule has 0 saturated carbocycles. The summed E-state index contributed by atoms with van der Waals surface area (Å²) in [6.07, 6.45) is 0. The molecule has 1 nitrogen and oxygen atoms in total. The Morgan fingerprint density at radius 1 is 0.432 bits per heavy atom. The molecule has 37 heavy (non-hydrogen) atoms. The Morgan fingerprint density at radius 2 is 0.811 bits per heavy atom. The van der Waals surface area contributed by atoms with Gasteiger partial charge < -0.3 is 0 Å². The second-order valence-electron chi connectivity index (χ2n) is 10.6. The van der Waals surface area contributed by atoms with Crippen LogP contribution in [0.4, 0.5) is 0 Å². The van der Waals surface area contributed by atoms with Crippen molar-refractivity contribution in [1.29, 1.82) is 0 Å². The SMILES string of the molecule is CC1(C)c2ccc(-c3ccc4ccccc4c3)cc2C(=O)c2cc(-c3ccc4ccccc4c3)ccc21. The average Bonchev–Trinajstić information content (AvgIpc) is 2.95. The van der Waals surface area contributed by atoms with E-state index in [1.165, 1.54) is 21.5 Å². The predicted molar refractivity (Wildman–Crippen MR) is 154 cm³/mol. The van der Waals surface area contributed by atoms with E-state index in [0.717, 1.165) is 44.5 Å². The number of benzene rings is 6. The van der Waals surface area contributed by atoms with Gasteiger partial charge in [0.2, 0.25) is 0 Å². The molecule has 0 aliphatic heterocycles. The molecule has 0 aromatic heterocycles. The number of hydrogen-bond acceptors (Lipinski definition) is 1. The number of hydrogen-bond donors (Lipinski definition) is 0. The third kappa shape index (κ3) is 3.42. The van der Waals surface area contributed by atoms with Crippen LogP contribution >= 0.6 is 0 Å². The van der Waals surface area contributed by atoms with Gasteiger partial charge in [-0.25, -0.2) is 0 Å². The van der Waals surface area contributed by atoms with Crippen molar-refractivity contribution in [3.63, 3.8) is 0 Å². The van der Waals surface area contributed by atoms with Crippen molar-refractivity contribution < 1.29 is 4.79 Å². The molecule has 0 N–H and O–H groups in total. The van der Waals surface area contributed by atoms with Gasteiger partial charge >= 0.3 is 0 Å². The zero-order chi connectivity index (χ0) is 25.1. The van der Waals surface area contributed by atoms with Crippen LogP contribution in [0.2, 0.25) is 0 Å². The van der Waals surface area contributed by atoms with E-state index in [-0.39, 0.29) is 11.2 Å². The summed E-state index contributed by atoms with van der Waals surface area (Å²) < 4.78 is 0. The lowest BCUT2D eigenvalue weighted by molar-refractivity contribution is 0.103. The van der Waals surface area contributed by atoms with Crippen LogP contribution in [0.15, 0.2) is 121 Å². The summed E-state index contributed by atoms with van der Waals surface area (Å²) in [6, 6.07) is 42.6. The maximum absolute atomic E-state index is 14.0. The van der Waals surface area contributed by atoms with Gasteiger partial charge in [0.25, 0.3) is 0 Å². The summed E-state index contributed by atoms with van der Waals surface area (Å²) in [5.41, 5.74) is 7.93. The first-order chi connectivity index (χ1) is 18.0.